The summed E-state index contributed by atoms with van der Waals surface area (Å²) in [5, 5.41) is 2.62. The van der Waals surface area contributed by atoms with Gasteiger partial charge in [-0.3, -0.25) is 9.59 Å². The largest absolute Gasteiger partial charge is 0.471 e. The molecule has 1 N–H and O–H groups in total. The van der Waals surface area contributed by atoms with Crippen molar-refractivity contribution in [3.05, 3.63) is 48.5 Å². The van der Waals surface area contributed by atoms with E-state index in [0.29, 0.717) is 23.7 Å². The standard InChI is InChI=1S/C23H27N5O6/c1-3-32-19(30)11-10-17(23(31)33-4-2)27-18(29)12-28-15-26-20-21(28)24-14-25-22(20)34-13-16-8-6-5-7-9-16/h5-9,14-15,17H,3-4,10-13H2,1-2H3,(H,27,29)/t17-/m0/s1. The second kappa shape index (κ2) is 12.3. The van der Waals surface area contributed by atoms with Gasteiger partial charge in [0.1, 0.15) is 25.5 Å². The third kappa shape index (κ3) is 6.74. The molecule has 34 heavy (non-hydrogen) atoms. The maximum Gasteiger partial charge on any atom is 0.328 e. The number of hydrogen-bond donors (Lipinski definition) is 1. The quantitative estimate of drug-likeness (QED) is 0.394. The summed E-state index contributed by atoms with van der Waals surface area (Å²) in [6.07, 6.45) is 2.82. The van der Waals surface area contributed by atoms with Gasteiger partial charge in [-0.1, -0.05) is 30.3 Å². The molecule has 0 aliphatic rings. The minimum Gasteiger partial charge on any atom is -0.471 e. The van der Waals surface area contributed by atoms with Gasteiger partial charge in [-0.15, -0.1) is 0 Å². The zero-order valence-electron chi connectivity index (χ0n) is 19.1. The second-order valence-electron chi connectivity index (χ2n) is 7.21. The lowest BCUT2D eigenvalue weighted by molar-refractivity contribution is -0.148. The van der Waals surface area contributed by atoms with Gasteiger partial charge < -0.3 is 24.1 Å². The summed E-state index contributed by atoms with van der Waals surface area (Å²) < 4.78 is 17.2. The van der Waals surface area contributed by atoms with Crippen molar-refractivity contribution in [2.75, 3.05) is 13.2 Å². The summed E-state index contributed by atoms with van der Waals surface area (Å²) in [6.45, 7) is 3.90. The fourth-order valence-electron chi connectivity index (χ4n) is 3.19. The maximum absolute atomic E-state index is 12.7. The minimum absolute atomic E-state index is 0.0268. The Morgan fingerprint density at radius 1 is 1.03 bits per heavy atom. The molecule has 1 aromatic carbocycles. The summed E-state index contributed by atoms with van der Waals surface area (Å²) in [7, 11) is 0. The molecular formula is C23H27N5O6. The Hall–Kier alpha value is -4.02. The van der Waals surface area contributed by atoms with Crippen molar-refractivity contribution in [1.82, 2.24) is 24.8 Å². The molecule has 0 saturated carbocycles. The summed E-state index contributed by atoms with van der Waals surface area (Å²) in [5.74, 6) is -1.24. The van der Waals surface area contributed by atoms with Crippen LogP contribution < -0.4 is 10.1 Å². The number of rotatable bonds is 12. The molecule has 0 spiro atoms. The van der Waals surface area contributed by atoms with E-state index in [1.165, 1.54) is 17.2 Å². The van der Waals surface area contributed by atoms with E-state index in [4.69, 9.17) is 14.2 Å². The maximum atomic E-state index is 12.7. The van der Waals surface area contributed by atoms with Crippen LogP contribution in [0, 0.1) is 0 Å². The molecule has 11 nitrogen and oxygen atoms in total. The molecule has 1 atom stereocenters. The third-order valence-electron chi connectivity index (χ3n) is 4.75. The SMILES string of the molecule is CCOC(=O)CC[C@H](NC(=O)Cn1cnc2c(OCc3ccccc3)ncnc21)C(=O)OCC. The Labute approximate surface area is 196 Å². The smallest absolute Gasteiger partial charge is 0.328 e. The number of fused-ring (bicyclic) bond motifs is 1. The number of hydrogen-bond acceptors (Lipinski definition) is 9. The predicted octanol–water partition coefficient (Wildman–Crippen LogP) is 1.80. The van der Waals surface area contributed by atoms with E-state index in [2.05, 4.69) is 20.3 Å². The number of benzene rings is 1. The zero-order valence-corrected chi connectivity index (χ0v) is 19.1. The van der Waals surface area contributed by atoms with Crippen molar-refractivity contribution >= 4 is 29.0 Å². The van der Waals surface area contributed by atoms with Crippen LogP contribution in [0.5, 0.6) is 5.88 Å². The monoisotopic (exact) mass is 469 g/mol. The van der Waals surface area contributed by atoms with Crippen LogP contribution in [0.4, 0.5) is 0 Å². The highest BCUT2D eigenvalue weighted by Gasteiger charge is 2.24. The number of carbonyl (C=O) groups excluding carboxylic acids is 3. The van der Waals surface area contributed by atoms with E-state index in [9.17, 15) is 14.4 Å². The van der Waals surface area contributed by atoms with E-state index < -0.39 is 23.9 Å². The molecule has 1 amide bonds. The third-order valence-corrected chi connectivity index (χ3v) is 4.75. The number of carbonyl (C=O) groups is 3. The van der Waals surface area contributed by atoms with Gasteiger partial charge in [0.25, 0.3) is 0 Å². The van der Waals surface area contributed by atoms with E-state index in [1.54, 1.807) is 13.8 Å². The fraction of sp³-hybridized carbons (Fsp3) is 0.391. The lowest BCUT2D eigenvalue weighted by Crippen LogP contribution is -2.43. The first kappa shape index (κ1) is 24.6. The molecule has 0 aliphatic heterocycles. The molecule has 0 saturated heterocycles. The number of imidazole rings is 1. The molecule has 0 unspecified atom stereocenters. The molecular weight excluding hydrogens is 442 g/mol. The van der Waals surface area contributed by atoms with Crippen LogP contribution in [0.1, 0.15) is 32.3 Å². The number of aromatic nitrogens is 4. The molecule has 2 heterocycles. The van der Waals surface area contributed by atoms with Gasteiger partial charge >= 0.3 is 11.9 Å². The van der Waals surface area contributed by atoms with Gasteiger partial charge in [-0.25, -0.2) is 14.8 Å². The molecule has 0 fully saturated rings. The lowest BCUT2D eigenvalue weighted by Gasteiger charge is -2.17. The van der Waals surface area contributed by atoms with Crippen LogP contribution in [-0.4, -0.2) is 56.6 Å². The van der Waals surface area contributed by atoms with Crippen LogP contribution in [0.25, 0.3) is 11.2 Å². The van der Waals surface area contributed by atoms with Crippen LogP contribution in [0.2, 0.25) is 0 Å². The first-order valence-corrected chi connectivity index (χ1v) is 11.0. The number of ether oxygens (including phenoxy) is 3. The number of nitrogens with one attached hydrogen (secondary N) is 1. The van der Waals surface area contributed by atoms with Gasteiger partial charge in [-0.05, 0) is 25.8 Å². The Morgan fingerprint density at radius 3 is 2.53 bits per heavy atom. The van der Waals surface area contributed by atoms with Crippen molar-refractivity contribution in [2.45, 2.75) is 45.9 Å². The molecule has 3 rings (SSSR count). The normalized spacial score (nSPS) is 11.6. The topological polar surface area (TPSA) is 135 Å². The van der Waals surface area contributed by atoms with Gasteiger partial charge in [0.2, 0.25) is 11.8 Å². The van der Waals surface area contributed by atoms with Crippen molar-refractivity contribution in [1.29, 1.82) is 0 Å². The van der Waals surface area contributed by atoms with E-state index in [0.717, 1.165) is 5.56 Å². The van der Waals surface area contributed by atoms with E-state index in [1.807, 2.05) is 30.3 Å². The summed E-state index contributed by atoms with van der Waals surface area (Å²) in [6, 6.07) is 8.64. The Balaban J connectivity index is 1.66. The van der Waals surface area contributed by atoms with Gasteiger partial charge in [0.05, 0.1) is 19.5 Å². The van der Waals surface area contributed by atoms with Crippen molar-refractivity contribution < 1.29 is 28.6 Å². The van der Waals surface area contributed by atoms with E-state index in [-0.39, 0.29) is 32.6 Å². The predicted molar refractivity (Wildman–Crippen MR) is 121 cm³/mol. The molecule has 11 heteroatoms. The number of esters is 2. The highest BCUT2D eigenvalue weighted by molar-refractivity contribution is 5.86. The van der Waals surface area contributed by atoms with Crippen LogP contribution in [-0.2, 0) is 37.0 Å². The fourth-order valence-corrected chi connectivity index (χ4v) is 3.19. The first-order chi connectivity index (χ1) is 16.5. The average Bonchev–Trinajstić information content (AvgIpc) is 3.24. The molecule has 3 aromatic rings. The first-order valence-electron chi connectivity index (χ1n) is 11.0. The van der Waals surface area contributed by atoms with Crippen molar-refractivity contribution in [3.63, 3.8) is 0 Å². The summed E-state index contributed by atoms with van der Waals surface area (Å²) in [4.78, 5) is 49.2. The van der Waals surface area contributed by atoms with Gasteiger partial charge in [-0.2, -0.15) is 4.98 Å². The number of amides is 1. The van der Waals surface area contributed by atoms with Crippen LogP contribution in [0.3, 0.4) is 0 Å². The molecule has 180 valence electrons. The molecule has 0 radical (unpaired) electrons. The van der Waals surface area contributed by atoms with Crippen LogP contribution >= 0.6 is 0 Å². The van der Waals surface area contributed by atoms with Crippen LogP contribution in [0.15, 0.2) is 43.0 Å². The number of nitrogens with zero attached hydrogens (tertiary/aromatic N) is 4. The second-order valence-corrected chi connectivity index (χ2v) is 7.21. The highest BCUT2D eigenvalue weighted by Crippen LogP contribution is 2.20. The molecule has 0 bridgehead atoms. The van der Waals surface area contributed by atoms with Crippen molar-refractivity contribution in [2.24, 2.45) is 0 Å². The van der Waals surface area contributed by atoms with Gasteiger partial charge in [0.15, 0.2) is 11.2 Å². The van der Waals surface area contributed by atoms with E-state index >= 15 is 0 Å². The molecule has 0 aliphatic carbocycles. The minimum atomic E-state index is -0.981. The lowest BCUT2D eigenvalue weighted by atomic mass is 10.1. The van der Waals surface area contributed by atoms with Gasteiger partial charge in [0, 0.05) is 6.42 Å². The average molecular weight is 469 g/mol. The highest BCUT2D eigenvalue weighted by atomic mass is 16.5. The van der Waals surface area contributed by atoms with Crippen molar-refractivity contribution in [3.8, 4) is 5.88 Å². The summed E-state index contributed by atoms with van der Waals surface area (Å²) >= 11 is 0. The Morgan fingerprint density at radius 2 is 1.79 bits per heavy atom. The summed E-state index contributed by atoms with van der Waals surface area (Å²) in [5.41, 5.74) is 1.80. The Bertz CT molecular complexity index is 1120. The molecule has 2 aromatic heterocycles. The Kier molecular flexibility index (Phi) is 8.89. The zero-order chi connectivity index (χ0) is 24.3.